The SMILES string of the molecule is C=C(C=CC(=O)O)C(=O)OCCCCCCCCCCCC. The summed E-state index contributed by atoms with van der Waals surface area (Å²) in [5.74, 6) is -1.66. The third kappa shape index (κ3) is 13.4. The fourth-order valence-corrected chi connectivity index (χ4v) is 2.09. The van der Waals surface area contributed by atoms with Crippen LogP contribution < -0.4 is 0 Å². The molecule has 0 atom stereocenters. The van der Waals surface area contributed by atoms with Gasteiger partial charge in [-0.2, -0.15) is 0 Å². The van der Waals surface area contributed by atoms with Gasteiger partial charge >= 0.3 is 11.9 Å². The number of hydrogen-bond acceptors (Lipinski definition) is 3. The largest absolute Gasteiger partial charge is 0.478 e. The van der Waals surface area contributed by atoms with E-state index in [4.69, 9.17) is 9.84 Å². The van der Waals surface area contributed by atoms with Crippen LogP contribution in [0.1, 0.15) is 71.1 Å². The third-order valence-corrected chi connectivity index (χ3v) is 3.42. The smallest absolute Gasteiger partial charge is 0.337 e. The fourth-order valence-electron chi connectivity index (χ4n) is 2.09. The number of esters is 1. The van der Waals surface area contributed by atoms with E-state index in [1.165, 1.54) is 51.4 Å². The number of aliphatic carboxylic acids is 1. The van der Waals surface area contributed by atoms with Gasteiger partial charge in [-0.15, -0.1) is 0 Å². The normalized spacial score (nSPS) is 10.8. The second-order valence-corrected chi connectivity index (χ2v) is 5.51. The molecule has 0 saturated carbocycles. The highest BCUT2D eigenvalue weighted by molar-refractivity contribution is 5.93. The Balaban J connectivity index is 3.40. The lowest BCUT2D eigenvalue weighted by molar-refractivity contribution is -0.138. The predicted octanol–water partition coefficient (Wildman–Crippen LogP) is 4.65. The van der Waals surface area contributed by atoms with Crippen LogP contribution in [-0.2, 0) is 14.3 Å². The monoisotopic (exact) mass is 310 g/mol. The summed E-state index contributed by atoms with van der Waals surface area (Å²) in [5.41, 5.74) is 0.0643. The molecule has 0 bridgehead atoms. The number of carbonyl (C=O) groups excluding carboxylic acids is 1. The minimum absolute atomic E-state index is 0.0643. The van der Waals surface area contributed by atoms with E-state index >= 15 is 0 Å². The van der Waals surface area contributed by atoms with Crippen molar-refractivity contribution in [3.8, 4) is 0 Å². The van der Waals surface area contributed by atoms with Crippen LogP contribution in [0.3, 0.4) is 0 Å². The summed E-state index contributed by atoms with van der Waals surface area (Å²) in [7, 11) is 0. The minimum atomic E-state index is -1.11. The first kappa shape index (κ1) is 20.4. The second-order valence-electron chi connectivity index (χ2n) is 5.51. The Morgan fingerprint density at radius 3 is 1.91 bits per heavy atom. The highest BCUT2D eigenvalue weighted by Gasteiger charge is 2.05. The van der Waals surface area contributed by atoms with Gasteiger partial charge in [-0.3, -0.25) is 0 Å². The second kappa shape index (κ2) is 14.4. The summed E-state index contributed by atoms with van der Waals surface area (Å²) >= 11 is 0. The zero-order valence-electron chi connectivity index (χ0n) is 13.8. The molecule has 0 unspecified atom stereocenters. The number of unbranched alkanes of at least 4 members (excludes halogenated alkanes) is 9. The molecule has 4 nitrogen and oxygen atoms in total. The average molecular weight is 310 g/mol. The minimum Gasteiger partial charge on any atom is -0.478 e. The molecule has 0 radical (unpaired) electrons. The van der Waals surface area contributed by atoms with E-state index in [0.717, 1.165) is 25.0 Å². The van der Waals surface area contributed by atoms with Gasteiger partial charge in [0.2, 0.25) is 0 Å². The van der Waals surface area contributed by atoms with Crippen LogP contribution in [0.25, 0.3) is 0 Å². The zero-order chi connectivity index (χ0) is 16.6. The summed E-state index contributed by atoms with van der Waals surface area (Å²) < 4.78 is 5.03. The van der Waals surface area contributed by atoms with Crippen molar-refractivity contribution in [3.05, 3.63) is 24.3 Å². The Morgan fingerprint density at radius 1 is 0.909 bits per heavy atom. The van der Waals surface area contributed by atoms with E-state index in [-0.39, 0.29) is 5.57 Å². The van der Waals surface area contributed by atoms with Gasteiger partial charge < -0.3 is 9.84 Å². The average Bonchev–Trinajstić information content (AvgIpc) is 2.49. The molecule has 22 heavy (non-hydrogen) atoms. The highest BCUT2D eigenvalue weighted by Crippen LogP contribution is 2.10. The molecule has 0 aliphatic carbocycles. The molecule has 4 heteroatoms. The number of carboxylic acids is 1. The van der Waals surface area contributed by atoms with Gasteiger partial charge in [-0.05, 0) is 12.5 Å². The van der Waals surface area contributed by atoms with Crippen molar-refractivity contribution in [2.75, 3.05) is 6.61 Å². The maximum absolute atomic E-state index is 11.4. The number of hydrogen-bond donors (Lipinski definition) is 1. The number of rotatable bonds is 14. The molecule has 126 valence electrons. The van der Waals surface area contributed by atoms with Gasteiger partial charge in [0.15, 0.2) is 0 Å². The first-order valence-electron chi connectivity index (χ1n) is 8.35. The van der Waals surface area contributed by atoms with Crippen LogP contribution in [0.15, 0.2) is 24.3 Å². The van der Waals surface area contributed by atoms with Crippen LogP contribution in [0, 0.1) is 0 Å². The molecule has 0 spiro atoms. The predicted molar refractivity (Wildman–Crippen MR) is 88.7 cm³/mol. The van der Waals surface area contributed by atoms with Crippen molar-refractivity contribution in [1.82, 2.24) is 0 Å². The molecule has 1 N–H and O–H groups in total. The Labute approximate surface area is 134 Å². The molecule has 0 aromatic heterocycles. The van der Waals surface area contributed by atoms with Crippen LogP contribution in [-0.4, -0.2) is 23.7 Å². The lowest BCUT2D eigenvalue weighted by atomic mass is 10.1. The molecular weight excluding hydrogens is 280 g/mol. The summed E-state index contributed by atoms with van der Waals surface area (Å²) in [6, 6.07) is 0. The molecule has 0 aliphatic heterocycles. The standard InChI is InChI=1S/C18H30O4/c1-3-4-5-6-7-8-9-10-11-12-15-22-18(21)16(2)13-14-17(19)20/h13-14H,2-12,15H2,1H3,(H,19,20). The molecule has 0 rings (SSSR count). The van der Waals surface area contributed by atoms with Gasteiger partial charge in [0.25, 0.3) is 0 Å². The van der Waals surface area contributed by atoms with Gasteiger partial charge in [-0.1, -0.05) is 71.3 Å². The van der Waals surface area contributed by atoms with Gasteiger partial charge in [-0.25, -0.2) is 9.59 Å². The van der Waals surface area contributed by atoms with E-state index in [1.807, 2.05) is 0 Å². The Hall–Kier alpha value is -1.58. The van der Waals surface area contributed by atoms with Crippen molar-refractivity contribution >= 4 is 11.9 Å². The molecule has 0 heterocycles. The van der Waals surface area contributed by atoms with Crippen molar-refractivity contribution in [1.29, 1.82) is 0 Å². The lowest BCUT2D eigenvalue weighted by Gasteiger charge is -2.05. The summed E-state index contributed by atoms with van der Waals surface area (Å²) in [6.45, 7) is 6.07. The van der Waals surface area contributed by atoms with Crippen molar-refractivity contribution in [2.24, 2.45) is 0 Å². The van der Waals surface area contributed by atoms with Crippen molar-refractivity contribution in [2.45, 2.75) is 71.1 Å². The van der Waals surface area contributed by atoms with E-state index in [2.05, 4.69) is 13.5 Å². The molecular formula is C18H30O4. The maximum atomic E-state index is 11.4. The molecule has 0 aromatic rings. The first-order chi connectivity index (χ1) is 10.6. The maximum Gasteiger partial charge on any atom is 0.337 e. The highest BCUT2D eigenvalue weighted by atomic mass is 16.5. The van der Waals surface area contributed by atoms with Crippen LogP contribution >= 0.6 is 0 Å². The Bertz CT molecular complexity index is 358. The quantitative estimate of drug-likeness (QED) is 0.219. The van der Waals surface area contributed by atoms with E-state index in [0.29, 0.717) is 6.61 Å². The van der Waals surface area contributed by atoms with Gasteiger partial charge in [0.05, 0.1) is 12.2 Å². The summed E-state index contributed by atoms with van der Waals surface area (Å²) in [5, 5.41) is 8.44. The summed E-state index contributed by atoms with van der Waals surface area (Å²) in [4.78, 5) is 21.8. The Morgan fingerprint density at radius 2 is 1.41 bits per heavy atom. The third-order valence-electron chi connectivity index (χ3n) is 3.42. The molecule has 0 aromatic carbocycles. The van der Waals surface area contributed by atoms with E-state index in [1.54, 1.807) is 0 Å². The van der Waals surface area contributed by atoms with Crippen LogP contribution in [0.4, 0.5) is 0 Å². The van der Waals surface area contributed by atoms with E-state index in [9.17, 15) is 9.59 Å². The lowest BCUT2D eigenvalue weighted by Crippen LogP contribution is -2.07. The molecule has 0 aliphatic rings. The molecule has 0 fully saturated rings. The topological polar surface area (TPSA) is 63.6 Å². The van der Waals surface area contributed by atoms with Gasteiger partial charge in [0.1, 0.15) is 0 Å². The number of carboxylic acid groups (broad SMARTS) is 1. The van der Waals surface area contributed by atoms with Gasteiger partial charge in [0, 0.05) is 6.08 Å². The van der Waals surface area contributed by atoms with Crippen molar-refractivity contribution < 1.29 is 19.4 Å². The number of carbonyl (C=O) groups is 2. The Kier molecular flexibility index (Phi) is 13.3. The molecule has 0 amide bonds. The van der Waals surface area contributed by atoms with Crippen LogP contribution in [0.5, 0.6) is 0 Å². The van der Waals surface area contributed by atoms with E-state index < -0.39 is 11.9 Å². The van der Waals surface area contributed by atoms with Crippen LogP contribution in [0.2, 0.25) is 0 Å². The zero-order valence-corrected chi connectivity index (χ0v) is 13.8. The van der Waals surface area contributed by atoms with Crippen molar-refractivity contribution in [3.63, 3.8) is 0 Å². The molecule has 0 saturated heterocycles. The summed E-state index contributed by atoms with van der Waals surface area (Å²) in [6.07, 6.45) is 14.3. The number of ether oxygens (including phenoxy) is 1. The first-order valence-corrected chi connectivity index (χ1v) is 8.35. The fraction of sp³-hybridized carbons (Fsp3) is 0.667.